The van der Waals surface area contributed by atoms with Gasteiger partial charge in [-0.1, -0.05) is 44.0 Å². The average Bonchev–Trinajstić information content (AvgIpc) is 2.27. The topological polar surface area (TPSA) is 12.0 Å². The van der Waals surface area contributed by atoms with Gasteiger partial charge in [0, 0.05) is 11.1 Å². The molecule has 1 rings (SSSR count). The van der Waals surface area contributed by atoms with Crippen LogP contribution < -0.4 is 5.32 Å². The van der Waals surface area contributed by atoms with Crippen molar-refractivity contribution in [3.8, 4) is 0 Å². The van der Waals surface area contributed by atoms with Gasteiger partial charge in [0.05, 0.1) is 0 Å². The highest BCUT2D eigenvalue weighted by Gasteiger charge is 2.15. The maximum absolute atomic E-state index is 6.25. The summed E-state index contributed by atoms with van der Waals surface area (Å²) in [6.45, 7) is 6.58. The standard InChI is InChI=1S/C14H22ClN/c1-5-11(3)14(16-4)9-12-7-6-10(2)8-13(12)15/h6-8,11,14,16H,5,9H2,1-4H3. The van der Waals surface area contributed by atoms with E-state index in [1.165, 1.54) is 17.5 Å². The number of rotatable bonds is 5. The number of hydrogen-bond acceptors (Lipinski definition) is 1. The Bertz CT molecular complexity index is 336. The summed E-state index contributed by atoms with van der Waals surface area (Å²) >= 11 is 6.25. The van der Waals surface area contributed by atoms with Crippen molar-refractivity contribution in [2.24, 2.45) is 5.92 Å². The summed E-state index contributed by atoms with van der Waals surface area (Å²) in [6, 6.07) is 6.82. The molecule has 0 aliphatic rings. The number of hydrogen-bond donors (Lipinski definition) is 1. The number of benzene rings is 1. The molecule has 0 aliphatic carbocycles. The second-order valence-electron chi connectivity index (χ2n) is 4.58. The van der Waals surface area contributed by atoms with Crippen molar-refractivity contribution in [1.29, 1.82) is 0 Å². The molecule has 1 nitrogen and oxygen atoms in total. The van der Waals surface area contributed by atoms with E-state index in [1.807, 2.05) is 13.1 Å². The molecule has 0 radical (unpaired) electrons. The van der Waals surface area contributed by atoms with Crippen LogP contribution >= 0.6 is 11.6 Å². The first-order valence-corrected chi connectivity index (χ1v) is 6.38. The summed E-state index contributed by atoms with van der Waals surface area (Å²) in [7, 11) is 2.03. The maximum atomic E-state index is 6.25. The highest BCUT2D eigenvalue weighted by atomic mass is 35.5. The van der Waals surface area contributed by atoms with Crippen LogP contribution in [0.15, 0.2) is 18.2 Å². The molecular formula is C14H22ClN. The quantitative estimate of drug-likeness (QED) is 0.824. The molecule has 0 aliphatic heterocycles. The second kappa shape index (κ2) is 6.27. The molecule has 0 bridgehead atoms. The largest absolute Gasteiger partial charge is 0.316 e. The van der Waals surface area contributed by atoms with Crippen LogP contribution in [0.25, 0.3) is 0 Å². The lowest BCUT2D eigenvalue weighted by Gasteiger charge is -2.23. The normalized spacial score (nSPS) is 14.8. The molecule has 1 aromatic rings. The van der Waals surface area contributed by atoms with E-state index in [-0.39, 0.29) is 0 Å². The van der Waals surface area contributed by atoms with Gasteiger partial charge in [-0.25, -0.2) is 0 Å². The Kier molecular flexibility index (Phi) is 5.30. The first kappa shape index (κ1) is 13.5. The van der Waals surface area contributed by atoms with Gasteiger partial charge in [-0.3, -0.25) is 0 Å². The first-order chi connectivity index (χ1) is 7.58. The Morgan fingerprint density at radius 1 is 1.38 bits per heavy atom. The van der Waals surface area contributed by atoms with E-state index in [0.29, 0.717) is 12.0 Å². The van der Waals surface area contributed by atoms with Crippen LogP contribution in [0, 0.1) is 12.8 Å². The smallest absolute Gasteiger partial charge is 0.0441 e. The third-order valence-electron chi connectivity index (χ3n) is 3.35. The zero-order valence-electron chi connectivity index (χ0n) is 10.7. The number of likely N-dealkylation sites (N-methyl/N-ethyl adjacent to an activating group) is 1. The predicted molar refractivity (Wildman–Crippen MR) is 72.2 cm³/mol. The summed E-state index contributed by atoms with van der Waals surface area (Å²) in [5.74, 6) is 0.669. The van der Waals surface area contributed by atoms with Crippen LogP contribution in [-0.4, -0.2) is 13.1 Å². The Morgan fingerprint density at radius 3 is 2.56 bits per heavy atom. The molecular weight excluding hydrogens is 218 g/mol. The fraction of sp³-hybridized carbons (Fsp3) is 0.571. The van der Waals surface area contributed by atoms with E-state index >= 15 is 0 Å². The van der Waals surface area contributed by atoms with Gasteiger partial charge in [-0.05, 0) is 43.5 Å². The number of halogens is 1. The highest BCUT2D eigenvalue weighted by Crippen LogP contribution is 2.21. The Balaban J connectivity index is 2.78. The molecule has 16 heavy (non-hydrogen) atoms. The van der Waals surface area contributed by atoms with Crippen molar-refractivity contribution in [2.75, 3.05) is 7.05 Å². The zero-order chi connectivity index (χ0) is 12.1. The minimum atomic E-state index is 0.505. The highest BCUT2D eigenvalue weighted by molar-refractivity contribution is 6.31. The van der Waals surface area contributed by atoms with Crippen LogP contribution in [-0.2, 0) is 6.42 Å². The van der Waals surface area contributed by atoms with Gasteiger partial charge in [-0.15, -0.1) is 0 Å². The monoisotopic (exact) mass is 239 g/mol. The van der Waals surface area contributed by atoms with Gasteiger partial charge in [0.2, 0.25) is 0 Å². The van der Waals surface area contributed by atoms with Gasteiger partial charge in [0.25, 0.3) is 0 Å². The molecule has 0 saturated carbocycles. The summed E-state index contributed by atoms with van der Waals surface area (Å²) in [5, 5.41) is 4.28. The van der Waals surface area contributed by atoms with Gasteiger partial charge < -0.3 is 5.32 Å². The number of nitrogens with one attached hydrogen (secondary N) is 1. The lowest BCUT2D eigenvalue weighted by molar-refractivity contribution is 0.386. The van der Waals surface area contributed by atoms with E-state index in [4.69, 9.17) is 11.6 Å². The molecule has 0 fully saturated rings. The van der Waals surface area contributed by atoms with E-state index in [0.717, 1.165) is 11.4 Å². The van der Waals surface area contributed by atoms with Crippen LogP contribution in [0.3, 0.4) is 0 Å². The van der Waals surface area contributed by atoms with E-state index < -0.39 is 0 Å². The molecule has 90 valence electrons. The Hall–Kier alpha value is -0.530. The maximum Gasteiger partial charge on any atom is 0.0441 e. The Labute approximate surface area is 104 Å². The Morgan fingerprint density at radius 2 is 2.06 bits per heavy atom. The van der Waals surface area contributed by atoms with Crippen LogP contribution in [0.4, 0.5) is 0 Å². The summed E-state index contributed by atoms with van der Waals surface area (Å²) in [5.41, 5.74) is 2.46. The fourth-order valence-corrected chi connectivity index (χ4v) is 2.24. The van der Waals surface area contributed by atoms with Gasteiger partial charge in [0.1, 0.15) is 0 Å². The second-order valence-corrected chi connectivity index (χ2v) is 4.99. The van der Waals surface area contributed by atoms with Crippen LogP contribution in [0.2, 0.25) is 5.02 Å². The lowest BCUT2D eigenvalue weighted by Crippen LogP contribution is -2.33. The minimum absolute atomic E-state index is 0.505. The van der Waals surface area contributed by atoms with Crippen molar-refractivity contribution in [1.82, 2.24) is 5.32 Å². The summed E-state index contributed by atoms with van der Waals surface area (Å²) < 4.78 is 0. The average molecular weight is 240 g/mol. The summed E-state index contributed by atoms with van der Waals surface area (Å²) in [6.07, 6.45) is 2.19. The molecule has 2 atom stereocenters. The molecule has 2 heteroatoms. The first-order valence-electron chi connectivity index (χ1n) is 6.00. The fourth-order valence-electron chi connectivity index (χ4n) is 1.93. The van der Waals surface area contributed by atoms with Crippen LogP contribution in [0.1, 0.15) is 31.4 Å². The molecule has 0 amide bonds. The summed E-state index contributed by atoms with van der Waals surface area (Å²) in [4.78, 5) is 0. The van der Waals surface area contributed by atoms with E-state index in [2.05, 4.69) is 38.2 Å². The van der Waals surface area contributed by atoms with E-state index in [1.54, 1.807) is 0 Å². The van der Waals surface area contributed by atoms with Crippen LogP contribution in [0.5, 0.6) is 0 Å². The van der Waals surface area contributed by atoms with Gasteiger partial charge in [0.15, 0.2) is 0 Å². The molecule has 1 aromatic carbocycles. The van der Waals surface area contributed by atoms with Crippen molar-refractivity contribution < 1.29 is 0 Å². The molecule has 1 N–H and O–H groups in total. The van der Waals surface area contributed by atoms with Gasteiger partial charge in [-0.2, -0.15) is 0 Å². The third kappa shape index (κ3) is 3.50. The van der Waals surface area contributed by atoms with Crippen molar-refractivity contribution in [3.05, 3.63) is 34.3 Å². The molecule has 0 heterocycles. The molecule has 0 spiro atoms. The zero-order valence-corrected chi connectivity index (χ0v) is 11.4. The van der Waals surface area contributed by atoms with Crippen molar-refractivity contribution in [2.45, 2.75) is 39.7 Å². The SMILES string of the molecule is CCC(C)C(Cc1ccc(C)cc1Cl)NC. The van der Waals surface area contributed by atoms with Crippen molar-refractivity contribution >= 4 is 11.6 Å². The van der Waals surface area contributed by atoms with E-state index in [9.17, 15) is 0 Å². The predicted octanol–water partition coefficient (Wildman–Crippen LogP) is 3.83. The molecule has 0 aromatic heterocycles. The number of aryl methyl sites for hydroxylation is 1. The molecule has 2 unspecified atom stereocenters. The third-order valence-corrected chi connectivity index (χ3v) is 3.70. The van der Waals surface area contributed by atoms with Gasteiger partial charge >= 0.3 is 0 Å². The lowest BCUT2D eigenvalue weighted by atomic mass is 9.93. The molecule has 0 saturated heterocycles. The minimum Gasteiger partial charge on any atom is -0.316 e. The van der Waals surface area contributed by atoms with Crippen molar-refractivity contribution in [3.63, 3.8) is 0 Å².